The van der Waals surface area contributed by atoms with Crippen LogP contribution in [0.25, 0.3) is 5.76 Å². The van der Waals surface area contributed by atoms with E-state index >= 15 is 0 Å². The Morgan fingerprint density at radius 2 is 1.63 bits per heavy atom. The summed E-state index contributed by atoms with van der Waals surface area (Å²) in [6.07, 6.45) is 0. The molecule has 0 spiro atoms. The fourth-order valence-corrected chi connectivity index (χ4v) is 5.78. The van der Waals surface area contributed by atoms with Crippen LogP contribution in [0.15, 0.2) is 84.4 Å². The highest BCUT2D eigenvalue weighted by atomic mass is 32.1. The number of aromatic nitrogens is 1. The Morgan fingerprint density at radius 3 is 2.33 bits per heavy atom. The maximum atomic E-state index is 13.6. The molecule has 43 heavy (non-hydrogen) atoms. The number of hydrogen-bond acceptors (Lipinski definition) is 9. The summed E-state index contributed by atoms with van der Waals surface area (Å²) in [5.74, 6) is -1.68. The van der Waals surface area contributed by atoms with Crippen molar-refractivity contribution in [2.45, 2.75) is 33.4 Å². The average Bonchev–Trinajstić information content (AvgIpc) is 3.53. The van der Waals surface area contributed by atoms with Crippen LogP contribution in [-0.2, 0) is 20.9 Å². The predicted octanol–water partition coefficient (Wildman–Crippen LogP) is 6.23. The van der Waals surface area contributed by atoms with Gasteiger partial charge in [-0.25, -0.2) is 9.78 Å². The van der Waals surface area contributed by atoms with Crippen LogP contribution in [0.1, 0.15) is 51.9 Å². The van der Waals surface area contributed by atoms with Crippen molar-refractivity contribution >= 4 is 39.9 Å². The molecular weight excluding hydrogens is 568 g/mol. The number of hydrogen-bond donors (Lipinski definition) is 1. The molecule has 0 radical (unpaired) electrons. The van der Waals surface area contributed by atoms with Gasteiger partial charge in [0.05, 0.1) is 24.5 Å². The molecule has 0 bridgehead atoms. The van der Waals surface area contributed by atoms with Crippen molar-refractivity contribution < 1.29 is 33.7 Å². The Bertz CT molecular complexity index is 1680. The number of ketones is 1. The summed E-state index contributed by atoms with van der Waals surface area (Å²) in [6, 6.07) is 22.3. The van der Waals surface area contributed by atoms with Gasteiger partial charge in [0, 0.05) is 11.1 Å². The number of anilines is 1. The predicted molar refractivity (Wildman–Crippen MR) is 162 cm³/mol. The normalized spacial score (nSPS) is 15.9. The quantitative estimate of drug-likeness (QED) is 0.0989. The Kier molecular flexibility index (Phi) is 8.87. The van der Waals surface area contributed by atoms with Gasteiger partial charge < -0.3 is 19.3 Å². The summed E-state index contributed by atoms with van der Waals surface area (Å²) < 4.78 is 16.9. The number of aryl methyl sites for hydroxylation is 1. The Hall–Kier alpha value is -4.96. The molecule has 220 valence electrons. The van der Waals surface area contributed by atoms with Crippen molar-refractivity contribution in [3.63, 3.8) is 0 Å². The van der Waals surface area contributed by atoms with Gasteiger partial charge in [-0.15, -0.1) is 0 Å². The second-order valence-electron chi connectivity index (χ2n) is 9.57. The van der Waals surface area contributed by atoms with Crippen LogP contribution in [0.3, 0.4) is 0 Å². The zero-order chi connectivity index (χ0) is 30.5. The van der Waals surface area contributed by atoms with E-state index in [1.165, 1.54) is 4.90 Å². The minimum atomic E-state index is -1.07. The van der Waals surface area contributed by atoms with Crippen LogP contribution < -0.4 is 14.4 Å². The minimum Gasteiger partial charge on any atom is -0.507 e. The second kappa shape index (κ2) is 12.9. The zero-order valence-electron chi connectivity index (χ0n) is 23.9. The maximum absolute atomic E-state index is 13.6. The molecule has 1 aromatic heterocycles. The van der Waals surface area contributed by atoms with Crippen molar-refractivity contribution in [2.24, 2.45) is 0 Å². The number of benzene rings is 3. The van der Waals surface area contributed by atoms with E-state index in [2.05, 4.69) is 4.98 Å². The molecule has 0 saturated carbocycles. The zero-order valence-corrected chi connectivity index (χ0v) is 24.7. The lowest BCUT2D eigenvalue weighted by Crippen LogP contribution is -2.29. The van der Waals surface area contributed by atoms with E-state index < -0.39 is 23.7 Å². The largest absolute Gasteiger partial charge is 0.507 e. The molecule has 1 N–H and O–H groups in total. The van der Waals surface area contributed by atoms with Gasteiger partial charge in [-0.2, -0.15) is 0 Å². The van der Waals surface area contributed by atoms with Gasteiger partial charge in [-0.05, 0) is 56.7 Å². The number of carbonyl (C=O) groups is 3. The fraction of sp³-hybridized carbons (Fsp3) is 0.212. The topological polar surface area (TPSA) is 115 Å². The van der Waals surface area contributed by atoms with E-state index in [1.807, 2.05) is 37.3 Å². The van der Waals surface area contributed by atoms with E-state index in [-0.39, 0.29) is 27.9 Å². The van der Waals surface area contributed by atoms with Crippen molar-refractivity contribution in [3.05, 3.63) is 112 Å². The molecule has 1 aliphatic heterocycles. The Labute approximate surface area is 253 Å². The number of amides is 1. The lowest BCUT2D eigenvalue weighted by molar-refractivity contribution is -0.132. The summed E-state index contributed by atoms with van der Waals surface area (Å²) in [7, 11) is 0. The number of para-hydroxylation sites is 1. The van der Waals surface area contributed by atoms with E-state index in [9.17, 15) is 19.5 Å². The Morgan fingerprint density at radius 1 is 0.930 bits per heavy atom. The van der Waals surface area contributed by atoms with Gasteiger partial charge in [0.25, 0.3) is 5.78 Å². The van der Waals surface area contributed by atoms with Gasteiger partial charge in [-0.3, -0.25) is 14.5 Å². The van der Waals surface area contributed by atoms with Crippen LogP contribution in [-0.4, -0.2) is 41.0 Å². The van der Waals surface area contributed by atoms with Gasteiger partial charge >= 0.3 is 11.9 Å². The standard InChI is InChI=1S/C33H30N2O7S/c1-4-40-25-14-10-9-13-24(25)27-26(28(36)22-15-17-23(18-16-22)42-19-21-11-7-6-8-12-21)29(37)31(38)35(27)33-34-20(3)30(43-33)32(39)41-5-2/h6-18,27,36H,4-5,19H2,1-3H3/b28-26+. The molecule has 4 aromatic rings. The summed E-state index contributed by atoms with van der Waals surface area (Å²) >= 11 is 0.949. The number of aliphatic hydroxyl groups is 1. The SMILES string of the molecule is CCOC(=O)c1sc(N2C(=O)C(=O)/C(=C(/O)c3ccc(OCc4ccccc4)cc3)C2c2ccccc2OCC)nc1C. The number of nitrogens with zero attached hydrogens (tertiary/aromatic N) is 2. The lowest BCUT2D eigenvalue weighted by atomic mass is 9.94. The van der Waals surface area contributed by atoms with Gasteiger partial charge in [0.1, 0.15) is 34.8 Å². The third kappa shape index (κ3) is 6.00. The number of carbonyl (C=O) groups excluding carboxylic acids is 3. The van der Waals surface area contributed by atoms with Crippen molar-refractivity contribution in [2.75, 3.05) is 18.1 Å². The third-order valence-electron chi connectivity index (χ3n) is 6.79. The molecule has 1 unspecified atom stereocenters. The fourth-order valence-electron chi connectivity index (χ4n) is 4.79. The van der Waals surface area contributed by atoms with E-state index in [4.69, 9.17) is 14.2 Å². The second-order valence-corrected chi connectivity index (χ2v) is 10.5. The molecule has 3 aromatic carbocycles. The molecule has 0 aliphatic carbocycles. The van der Waals surface area contributed by atoms with E-state index in [0.29, 0.717) is 41.5 Å². The van der Waals surface area contributed by atoms with E-state index in [1.54, 1.807) is 62.4 Å². The summed E-state index contributed by atoms with van der Waals surface area (Å²) in [6.45, 7) is 6.03. The van der Waals surface area contributed by atoms with Crippen molar-refractivity contribution in [3.8, 4) is 11.5 Å². The number of esters is 1. The van der Waals surface area contributed by atoms with Crippen molar-refractivity contribution in [1.82, 2.24) is 4.98 Å². The Balaban J connectivity index is 1.57. The first kappa shape index (κ1) is 29.5. The molecule has 10 heteroatoms. The first-order valence-electron chi connectivity index (χ1n) is 13.8. The van der Waals surface area contributed by atoms with Crippen molar-refractivity contribution in [1.29, 1.82) is 0 Å². The summed E-state index contributed by atoms with van der Waals surface area (Å²) in [5, 5.41) is 11.7. The van der Waals surface area contributed by atoms with Crippen LogP contribution in [0.4, 0.5) is 5.13 Å². The molecule has 1 amide bonds. The van der Waals surface area contributed by atoms with E-state index in [0.717, 1.165) is 16.9 Å². The molecule has 1 saturated heterocycles. The molecule has 9 nitrogen and oxygen atoms in total. The molecular formula is C33H30N2O7S. The smallest absolute Gasteiger partial charge is 0.350 e. The van der Waals surface area contributed by atoms with Gasteiger partial charge in [-0.1, -0.05) is 59.9 Å². The highest BCUT2D eigenvalue weighted by Gasteiger charge is 2.49. The van der Waals surface area contributed by atoms with Crippen LogP contribution in [0.2, 0.25) is 0 Å². The first-order chi connectivity index (χ1) is 20.8. The number of ether oxygens (including phenoxy) is 3. The minimum absolute atomic E-state index is 0.124. The molecule has 1 fully saturated rings. The number of thiazole rings is 1. The van der Waals surface area contributed by atoms with Gasteiger partial charge in [0.2, 0.25) is 0 Å². The molecule has 1 atom stereocenters. The van der Waals surface area contributed by atoms with Crippen LogP contribution in [0, 0.1) is 6.92 Å². The number of aliphatic hydroxyl groups excluding tert-OH is 1. The highest BCUT2D eigenvalue weighted by molar-refractivity contribution is 7.17. The molecule has 2 heterocycles. The maximum Gasteiger partial charge on any atom is 0.350 e. The van der Waals surface area contributed by atoms with Crippen LogP contribution in [0.5, 0.6) is 11.5 Å². The monoisotopic (exact) mass is 598 g/mol. The van der Waals surface area contributed by atoms with Gasteiger partial charge in [0.15, 0.2) is 5.13 Å². The third-order valence-corrected chi connectivity index (χ3v) is 7.92. The number of Topliss-reactive ketones (excluding diaryl/α,β-unsaturated/α-hetero) is 1. The summed E-state index contributed by atoms with van der Waals surface area (Å²) in [5.41, 5.74) is 2.06. The molecule has 1 aliphatic rings. The number of rotatable bonds is 10. The lowest BCUT2D eigenvalue weighted by Gasteiger charge is -2.24. The first-order valence-corrected chi connectivity index (χ1v) is 14.6. The summed E-state index contributed by atoms with van der Waals surface area (Å²) in [4.78, 5) is 45.7. The highest BCUT2D eigenvalue weighted by Crippen LogP contribution is 2.46. The molecule has 5 rings (SSSR count). The van der Waals surface area contributed by atoms with Crippen LogP contribution >= 0.6 is 11.3 Å². The average molecular weight is 599 g/mol.